The first-order valence-electron chi connectivity index (χ1n) is 9.37. The van der Waals surface area contributed by atoms with Crippen LogP contribution in [-0.2, 0) is 20.9 Å². The zero-order valence-electron chi connectivity index (χ0n) is 15.8. The number of halogens is 1. The quantitative estimate of drug-likeness (QED) is 0.728. The van der Waals surface area contributed by atoms with Crippen LogP contribution in [0.5, 0.6) is 5.75 Å². The maximum atomic E-state index is 13.6. The molecule has 1 saturated heterocycles. The van der Waals surface area contributed by atoms with E-state index in [4.69, 9.17) is 4.74 Å². The van der Waals surface area contributed by atoms with Crippen molar-refractivity contribution in [1.82, 2.24) is 10.2 Å². The van der Waals surface area contributed by atoms with E-state index in [-0.39, 0.29) is 43.5 Å². The van der Waals surface area contributed by atoms with Crippen molar-refractivity contribution in [3.8, 4) is 5.75 Å². The largest absolute Gasteiger partial charge is 0.484 e. The predicted molar refractivity (Wildman–Crippen MR) is 103 cm³/mol. The highest BCUT2D eigenvalue weighted by Gasteiger charge is 2.39. The fourth-order valence-electron chi connectivity index (χ4n) is 3.54. The van der Waals surface area contributed by atoms with E-state index in [0.717, 1.165) is 0 Å². The molecule has 8 nitrogen and oxygen atoms in total. The van der Waals surface area contributed by atoms with Gasteiger partial charge in [-0.05, 0) is 42.3 Å². The molecule has 9 heteroatoms. The van der Waals surface area contributed by atoms with Gasteiger partial charge < -0.3 is 15.0 Å². The van der Waals surface area contributed by atoms with Crippen LogP contribution in [0.3, 0.4) is 0 Å². The molecule has 4 amide bonds. The van der Waals surface area contributed by atoms with Crippen LogP contribution in [0.15, 0.2) is 42.5 Å². The van der Waals surface area contributed by atoms with Gasteiger partial charge in [-0.3, -0.25) is 24.5 Å². The molecule has 2 aromatic carbocycles. The van der Waals surface area contributed by atoms with Crippen LogP contribution in [0.25, 0.3) is 0 Å². The van der Waals surface area contributed by atoms with Crippen LogP contribution in [0.4, 0.5) is 10.1 Å². The van der Waals surface area contributed by atoms with Crippen molar-refractivity contribution in [2.24, 2.45) is 0 Å². The first kappa shape index (κ1) is 19.6. The number of fused-ring (bicyclic) bond motifs is 1. The summed E-state index contributed by atoms with van der Waals surface area (Å²) in [7, 11) is 0. The van der Waals surface area contributed by atoms with Gasteiger partial charge in [-0.2, -0.15) is 0 Å². The Hall–Kier alpha value is -3.75. The van der Waals surface area contributed by atoms with Crippen molar-refractivity contribution in [1.29, 1.82) is 0 Å². The molecule has 2 aliphatic rings. The molecule has 0 aromatic heterocycles. The number of nitrogens with zero attached hydrogens (tertiary/aromatic N) is 1. The molecule has 1 fully saturated rings. The summed E-state index contributed by atoms with van der Waals surface area (Å²) >= 11 is 0. The number of imide groups is 1. The van der Waals surface area contributed by atoms with E-state index >= 15 is 0 Å². The second-order valence-electron chi connectivity index (χ2n) is 7.04. The molecule has 0 spiro atoms. The van der Waals surface area contributed by atoms with E-state index in [1.54, 1.807) is 24.3 Å². The molecular formula is C21H18FN3O5. The smallest absolute Gasteiger partial charge is 0.262 e. The van der Waals surface area contributed by atoms with Crippen molar-refractivity contribution >= 4 is 29.3 Å². The first-order valence-corrected chi connectivity index (χ1v) is 9.37. The Bertz CT molecular complexity index is 1050. The molecule has 0 bridgehead atoms. The second kappa shape index (κ2) is 7.94. The van der Waals surface area contributed by atoms with Crippen molar-refractivity contribution in [2.75, 3.05) is 11.9 Å². The Morgan fingerprint density at radius 2 is 2.00 bits per heavy atom. The summed E-state index contributed by atoms with van der Waals surface area (Å²) in [5.41, 5.74) is 1.17. The number of hydrogen-bond donors (Lipinski definition) is 2. The van der Waals surface area contributed by atoms with Gasteiger partial charge in [0.25, 0.3) is 11.8 Å². The van der Waals surface area contributed by atoms with E-state index in [2.05, 4.69) is 10.6 Å². The zero-order valence-corrected chi connectivity index (χ0v) is 15.8. The van der Waals surface area contributed by atoms with E-state index < -0.39 is 23.7 Å². The van der Waals surface area contributed by atoms with Crippen LogP contribution in [0, 0.1) is 5.82 Å². The summed E-state index contributed by atoms with van der Waals surface area (Å²) in [5, 5.41) is 4.68. The molecule has 2 aliphatic heterocycles. The third kappa shape index (κ3) is 3.86. The minimum Gasteiger partial charge on any atom is -0.484 e. The fraction of sp³-hybridized carbons (Fsp3) is 0.238. The van der Waals surface area contributed by atoms with Crippen LogP contribution in [0.2, 0.25) is 0 Å². The van der Waals surface area contributed by atoms with E-state index in [1.165, 1.54) is 23.1 Å². The molecule has 2 N–H and O–H groups in total. The van der Waals surface area contributed by atoms with Crippen LogP contribution >= 0.6 is 0 Å². The van der Waals surface area contributed by atoms with E-state index in [0.29, 0.717) is 16.9 Å². The number of anilines is 1. The van der Waals surface area contributed by atoms with Gasteiger partial charge in [-0.15, -0.1) is 0 Å². The molecular weight excluding hydrogens is 393 g/mol. The molecule has 0 aliphatic carbocycles. The number of nitrogens with one attached hydrogen (secondary N) is 2. The maximum absolute atomic E-state index is 13.6. The average molecular weight is 411 g/mol. The van der Waals surface area contributed by atoms with Crippen LogP contribution < -0.4 is 15.4 Å². The zero-order chi connectivity index (χ0) is 21.3. The third-order valence-electron chi connectivity index (χ3n) is 5.01. The Morgan fingerprint density at radius 3 is 2.77 bits per heavy atom. The van der Waals surface area contributed by atoms with Crippen molar-refractivity contribution in [3.63, 3.8) is 0 Å². The Morgan fingerprint density at radius 1 is 1.20 bits per heavy atom. The standard InChI is InChI=1S/C21H18FN3O5/c22-15-3-1-2-4-16(15)23-19(27)11-30-13-5-6-14-12(9-13)10-25(21(14)29)17-7-8-18(26)24-20(17)28/h1-6,9,17H,7-8,10-11H2,(H,23,27)(H,24,26,28). The normalized spacial score (nSPS) is 18.1. The molecule has 1 atom stereocenters. The number of hydrogen-bond acceptors (Lipinski definition) is 5. The van der Waals surface area contributed by atoms with Gasteiger partial charge in [-0.25, -0.2) is 4.39 Å². The highest BCUT2D eigenvalue weighted by atomic mass is 19.1. The lowest BCUT2D eigenvalue weighted by Crippen LogP contribution is -2.52. The van der Waals surface area contributed by atoms with Gasteiger partial charge >= 0.3 is 0 Å². The van der Waals surface area contributed by atoms with Crippen molar-refractivity contribution < 1.29 is 28.3 Å². The van der Waals surface area contributed by atoms with Crippen molar-refractivity contribution in [3.05, 3.63) is 59.4 Å². The number of piperidine rings is 1. The molecule has 2 aromatic rings. The van der Waals surface area contributed by atoms with Crippen molar-refractivity contribution in [2.45, 2.75) is 25.4 Å². The molecule has 154 valence electrons. The highest BCUT2D eigenvalue weighted by molar-refractivity contribution is 6.05. The Balaban J connectivity index is 1.39. The number of carbonyl (C=O) groups is 4. The number of benzene rings is 2. The first-order chi connectivity index (χ1) is 14.4. The van der Waals surface area contributed by atoms with Gasteiger partial charge in [0.1, 0.15) is 17.6 Å². The number of carbonyl (C=O) groups excluding carboxylic acids is 4. The minimum atomic E-state index is -0.696. The summed E-state index contributed by atoms with van der Waals surface area (Å²) in [6.45, 7) is -0.128. The predicted octanol–water partition coefficient (Wildman–Crippen LogP) is 1.60. The van der Waals surface area contributed by atoms with Crippen LogP contribution in [0.1, 0.15) is 28.8 Å². The molecule has 0 saturated carbocycles. The van der Waals surface area contributed by atoms with Gasteiger partial charge in [0.15, 0.2) is 6.61 Å². The van der Waals surface area contributed by atoms with E-state index in [9.17, 15) is 23.6 Å². The van der Waals surface area contributed by atoms with E-state index in [1.807, 2.05) is 0 Å². The molecule has 4 rings (SSSR count). The summed E-state index contributed by atoms with van der Waals surface area (Å²) in [4.78, 5) is 49.5. The molecule has 2 heterocycles. The number of amides is 4. The molecule has 30 heavy (non-hydrogen) atoms. The van der Waals surface area contributed by atoms with Gasteiger partial charge in [0, 0.05) is 18.5 Å². The maximum Gasteiger partial charge on any atom is 0.262 e. The fourth-order valence-corrected chi connectivity index (χ4v) is 3.54. The molecule has 1 unspecified atom stereocenters. The lowest BCUT2D eigenvalue weighted by atomic mass is 10.0. The topological polar surface area (TPSA) is 105 Å². The lowest BCUT2D eigenvalue weighted by molar-refractivity contribution is -0.137. The summed E-state index contributed by atoms with van der Waals surface area (Å²) in [6.07, 6.45) is 0.464. The van der Waals surface area contributed by atoms with Gasteiger partial charge in [-0.1, -0.05) is 12.1 Å². The van der Waals surface area contributed by atoms with Crippen LogP contribution in [-0.4, -0.2) is 41.2 Å². The SMILES string of the molecule is O=C1CCC(N2Cc3cc(OCC(=O)Nc4ccccc4F)ccc3C2=O)C(=O)N1. The molecule has 0 radical (unpaired) electrons. The number of para-hydroxylation sites is 1. The Labute approximate surface area is 171 Å². The minimum absolute atomic E-state index is 0.0607. The number of rotatable bonds is 5. The highest BCUT2D eigenvalue weighted by Crippen LogP contribution is 2.30. The second-order valence-corrected chi connectivity index (χ2v) is 7.04. The number of ether oxygens (including phenoxy) is 1. The van der Waals surface area contributed by atoms with Gasteiger partial charge in [0.2, 0.25) is 11.8 Å². The third-order valence-corrected chi connectivity index (χ3v) is 5.01. The average Bonchev–Trinajstić information content (AvgIpc) is 3.04. The summed E-state index contributed by atoms with van der Waals surface area (Å²) in [5.74, 6) is -1.81. The Kier molecular flexibility index (Phi) is 5.18. The van der Waals surface area contributed by atoms with Gasteiger partial charge in [0.05, 0.1) is 5.69 Å². The lowest BCUT2D eigenvalue weighted by Gasteiger charge is -2.29. The summed E-state index contributed by atoms with van der Waals surface area (Å²) < 4.78 is 19.1. The summed E-state index contributed by atoms with van der Waals surface area (Å²) in [6, 6.07) is 9.87. The monoisotopic (exact) mass is 411 g/mol.